The van der Waals surface area contributed by atoms with Crippen LogP contribution in [0.5, 0.6) is 0 Å². The molecule has 4 aliphatic carbocycles. The van der Waals surface area contributed by atoms with Crippen molar-refractivity contribution in [2.45, 2.75) is 247 Å². The lowest BCUT2D eigenvalue weighted by atomic mass is 9.35. The first-order valence-electron chi connectivity index (χ1n) is 27.5. The molecule has 4 aliphatic heterocycles. The van der Waals surface area contributed by atoms with E-state index in [9.17, 15) is 76.7 Å². The molecule has 0 spiro atoms. The van der Waals surface area contributed by atoms with Crippen molar-refractivity contribution in [3.05, 3.63) is 12.2 Å². The van der Waals surface area contributed by atoms with Gasteiger partial charge in [-0.15, -0.1) is 0 Å². The molecule has 0 aromatic heterocycles. The van der Waals surface area contributed by atoms with Crippen LogP contribution in [0.25, 0.3) is 0 Å². The van der Waals surface area contributed by atoms with Crippen LogP contribution in [0, 0.1) is 45.3 Å². The Bertz CT molecular complexity index is 2000. The Balaban J connectivity index is 1.03. The summed E-state index contributed by atoms with van der Waals surface area (Å²) in [6, 6.07) is 0. The highest BCUT2D eigenvalue weighted by Gasteiger charge is 2.72. The molecule has 4 saturated heterocycles. The zero-order valence-electron chi connectivity index (χ0n) is 45.5. The normalized spacial score (nSPS) is 52.0. The monoisotopic (exact) mass is 1110 g/mol. The SMILES string of the molecule is CC(C)(/C=C/C[C@](C)(O[C@@H]1O[C@H](CO[C@@H]2O[C@@H](CO)[C@H](O)[C@H]2O)[C@@H](O)[C@H](O)[C@H]1O)[C@H]1CC[C@]2(C)[C@@H]1[C@H](O)C[C@@H]1[C@@]3(C)CC[C@H](O[C@@H]4O[C@H](CO)[C@@H](O)[C@H](O)[C@H]4O[C@@H]4O[C@H](CO)[C@@H](O)[C@H](O)[C@H]4O)C(C)(C)[C@@H]3CC[C@]12C)OO. The van der Waals surface area contributed by atoms with Gasteiger partial charge in [0, 0.05) is 0 Å². The van der Waals surface area contributed by atoms with E-state index in [2.05, 4.69) is 34.6 Å². The fraction of sp³-hybridized carbons (Fsp3) is 0.962. The fourth-order valence-electron chi connectivity index (χ4n) is 16.0. The number of aliphatic hydroxyl groups excluding tert-OH is 14. The molecule has 24 nitrogen and oxygen atoms in total. The standard InChI is InChI=1S/C53H90O24/c1-48(2,77-68)13-9-14-53(8,76-46-42(67)38(63)36(61)28(73-46)22-69-44-40(65)35(60)27(21-56)70-44)23-10-16-52(7)32(23)24(57)18-30-50(5)15-12-31(49(3,4)29(50)11-17-51(30,52)6)74-47-43(39(64)34(59)26(20-55)72-47)75-45-41(66)37(62)33(58)25(19-54)71-45/h9,13,23-47,54-68H,10-12,14-22H2,1-8H3/b13-9+/t23-,24+,25+,26+,27-,28+,29-,30+,31-,32-,33+,34+,35-,36+,37-,38-,39-,40+,41+,42+,43+,44+,45-,46-,47-,50-,51+,52+,53-/m0/s1. The molecule has 8 fully saturated rings. The second-order valence-electron chi connectivity index (χ2n) is 25.7. The van der Waals surface area contributed by atoms with Crippen molar-refractivity contribution < 1.29 is 120 Å². The Kier molecular flexibility index (Phi) is 18.5. The fourth-order valence-corrected chi connectivity index (χ4v) is 16.0. The maximum atomic E-state index is 12.8. The summed E-state index contributed by atoms with van der Waals surface area (Å²) in [5.74, 6) is -0.727. The quantitative estimate of drug-likeness (QED) is 0.0321. The van der Waals surface area contributed by atoms with Gasteiger partial charge in [-0.2, -0.15) is 0 Å². The van der Waals surface area contributed by atoms with E-state index in [1.165, 1.54) is 0 Å². The third kappa shape index (κ3) is 10.9. The molecule has 0 amide bonds. The van der Waals surface area contributed by atoms with Gasteiger partial charge >= 0.3 is 0 Å². The van der Waals surface area contributed by atoms with Gasteiger partial charge in [0.2, 0.25) is 0 Å². The first-order valence-corrected chi connectivity index (χ1v) is 27.5. The summed E-state index contributed by atoms with van der Waals surface area (Å²) < 4.78 is 48.7. The maximum absolute atomic E-state index is 12.8. The first-order chi connectivity index (χ1) is 36.0. The van der Waals surface area contributed by atoms with E-state index in [-0.39, 0.29) is 40.9 Å². The average Bonchev–Trinajstić information content (AvgIpc) is 4.10. The minimum absolute atomic E-state index is 0.000450. The lowest BCUT2D eigenvalue weighted by molar-refractivity contribution is -0.378. The van der Waals surface area contributed by atoms with Crippen LogP contribution in [-0.2, 0) is 42.8 Å². The molecule has 8 aliphatic rings. The molecule has 0 bridgehead atoms. The van der Waals surface area contributed by atoms with Crippen molar-refractivity contribution in [1.29, 1.82) is 0 Å². The van der Waals surface area contributed by atoms with Crippen molar-refractivity contribution in [2.24, 2.45) is 45.3 Å². The molecule has 4 heterocycles. The molecule has 0 unspecified atom stereocenters. The highest BCUT2D eigenvalue weighted by Crippen LogP contribution is 2.76. The Morgan fingerprint density at radius 3 is 1.68 bits per heavy atom. The van der Waals surface area contributed by atoms with E-state index in [1.54, 1.807) is 26.0 Å². The summed E-state index contributed by atoms with van der Waals surface area (Å²) in [6.07, 6.45) is -22.9. The van der Waals surface area contributed by atoms with Crippen LogP contribution in [0.15, 0.2) is 12.2 Å². The van der Waals surface area contributed by atoms with Crippen LogP contribution in [-0.4, -0.2) is 243 Å². The predicted octanol–water partition coefficient (Wildman–Crippen LogP) is -2.10. The third-order valence-corrected chi connectivity index (χ3v) is 20.6. The molecule has 4 saturated carbocycles. The molecule has 0 aromatic carbocycles. The van der Waals surface area contributed by atoms with Crippen LogP contribution in [0.3, 0.4) is 0 Å². The Morgan fingerprint density at radius 1 is 0.545 bits per heavy atom. The number of rotatable bonds is 17. The smallest absolute Gasteiger partial charge is 0.187 e. The second-order valence-corrected chi connectivity index (χ2v) is 25.7. The van der Waals surface area contributed by atoms with Crippen molar-refractivity contribution in [3.8, 4) is 0 Å². The molecule has 29 atom stereocenters. The van der Waals surface area contributed by atoms with Crippen LogP contribution in [0.4, 0.5) is 0 Å². The summed E-state index contributed by atoms with van der Waals surface area (Å²) in [5, 5.41) is 161. The van der Waals surface area contributed by atoms with E-state index >= 15 is 0 Å². The van der Waals surface area contributed by atoms with Crippen LogP contribution in [0.2, 0.25) is 0 Å². The van der Waals surface area contributed by atoms with Gasteiger partial charge < -0.3 is 109 Å². The molecule has 0 radical (unpaired) electrons. The van der Waals surface area contributed by atoms with E-state index in [0.717, 1.165) is 12.8 Å². The maximum Gasteiger partial charge on any atom is 0.187 e. The van der Waals surface area contributed by atoms with E-state index in [1.807, 2.05) is 6.92 Å². The molecule has 77 heavy (non-hydrogen) atoms. The summed E-state index contributed by atoms with van der Waals surface area (Å²) in [6.45, 7) is 13.8. The van der Waals surface area contributed by atoms with Crippen LogP contribution in [0.1, 0.15) is 107 Å². The van der Waals surface area contributed by atoms with E-state index < -0.39 is 177 Å². The van der Waals surface area contributed by atoms with E-state index in [0.29, 0.717) is 32.1 Å². The van der Waals surface area contributed by atoms with Gasteiger partial charge in [-0.25, -0.2) is 4.89 Å². The van der Waals surface area contributed by atoms with Crippen molar-refractivity contribution in [2.75, 3.05) is 26.4 Å². The molecule has 15 N–H and O–H groups in total. The lowest BCUT2D eigenvalue weighted by Crippen LogP contribution is -2.68. The largest absolute Gasteiger partial charge is 0.394 e. The Hall–Kier alpha value is -1.22. The zero-order chi connectivity index (χ0) is 56.7. The van der Waals surface area contributed by atoms with Gasteiger partial charge in [0.15, 0.2) is 25.2 Å². The minimum atomic E-state index is -1.83. The highest BCUT2D eigenvalue weighted by atomic mass is 17.1. The number of aliphatic hydroxyl groups is 14. The van der Waals surface area contributed by atoms with Crippen LogP contribution < -0.4 is 0 Å². The first kappa shape index (κ1) is 61.8. The van der Waals surface area contributed by atoms with Crippen molar-refractivity contribution in [3.63, 3.8) is 0 Å². The second kappa shape index (κ2) is 23.1. The number of hydrogen-bond donors (Lipinski definition) is 15. The van der Waals surface area contributed by atoms with Crippen LogP contribution >= 0.6 is 0 Å². The minimum Gasteiger partial charge on any atom is -0.394 e. The van der Waals surface area contributed by atoms with Crippen molar-refractivity contribution in [1.82, 2.24) is 0 Å². The number of hydrogen-bond acceptors (Lipinski definition) is 24. The van der Waals surface area contributed by atoms with Gasteiger partial charge in [-0.1, -0.05) is 46.8 Å². The highest BCUT2D eigenvalue weighted by molar-refractivity contribution is 5.21. The zero-order valence-corrected chi connectivity index (χ0v) is 45.5. The molecule has 446 valence electrons. The summed E-state index contributed by atoms with van der Waals surface area (Å²) >= 11 is 0. The topological polar surface area (TPSA) is 387 Å². The number of fused-ring (bicyclic) bond motifs is 5. The molecular weight excluding hydrogens is 1020 g/mol. The van der Waals surface area contributed by atoms with Gasteiger partial charge in [0.05, 0.1) is 44.2 Å². The summed E-state index contributed by atoms with van der Waals surface area (Å²) in [5.41, 5.74) is -4.10. The Labute approximate surface area is 449 Å². The molecule has 8 rings (SSSR count). The van der Waals surface area contributed by atoms with Gasteiger partial charge in [-0.3, -0.25) is 5.26 Å². The van der Waals surface area contributed by atoms with Crippen molar-refractivity contribution >= 4 is 0 Å². The summed E-state index contributed by atoms with van der Waals surface area (Å²) in [4.78, 5) is 4.70. The average molecular weight is 1110 g/mol. The summed E-state index contributed by atoms with van der Waals surface area (Å²) in [7, 11) is 0. The molecule has 24 heteroatoms. The van der Waals surface area contributed by atoms with Gasteiger partial charge in [-0.05, 0) is 117 Å². The van der Waals surface area contributed by atoms with Gasteiger partial charge in [0.25, 0.3) is 0 Å². The van der Waals surface area contributed by atoms with E-state index in [4.69, 9.17) is 42.8 Å². The molecule has 0 aromatic rings. The predicted molar refractivity (Wildman–Crippen MR) is 263 cm³/mol. The van der Waals surface area contributed by atoms with Gasteiger partial charge in [0.1, 0.15) is 97.2 Å². The number of ether oxygens (including phenoxy) is 8. The third-order valence-electron chi connectivity index (χ3n) is 20.6. The molecular formula is C53H90O24. The lowest BCUT2D eigenvalue weighted by Gasteiger charge is -2.71. The Morgan fingerprint density at radius 2 is 1.06 bits per heavy atom.